The second-order valence-corrected chi connectivity index (χ2v) is 4.65. The summed E-state index contributed by atoms with van der Waals surface area (Å²) in [4.78, 5) is 2.55. The molecule has 0 radical (unpaired) electrons. The number of rotatable bonds is 2. The third-order valence-corrected chi connectivity index (χ3v) is 2.68. The fraction of sp³-hybridized carbons (Fsp3) is 1.00. The molecule has 0 spiro atoms. The van der Waals surface area contributed by atoms with Crippen molar-refractivity contribution in [3.05, 3.63) is 0 Å². The molecule has 2 bridgehead atoms. The summed E-state index contributed by atoms with van der Waals surface area (Å²) < 4.78 is 5.83. The highest BCUT2D eigenvalue weighted by Gasteiger charge is 2.30. The van der Waals surface area contributed by atoms with Crippen LogP contribution in [0.2, 0.25) is 0 Å². The van der Waals surface area contributed by atoms with Crippen LogP contribution in [0.5, 0.6) is 0 Å². The lowest BCUT2D eigenvalue weighted by Gasteiger charge is -2.42. The van der Waals surface area contributed by atoms with Crippen LogP contribution in [-0.2, 0) is 4.74 Å². The maximum Gasteiger partial charge on any atom is 0.0831 e. The van der Waals surface area contributed by atoms with Crippen LogP contribution in [0.1, 0.15) is 13.8 Å². The minimum absolute atomic E-state index is 0.436. The van der Waals surface area contributed by atoms with Gasteiger partial charge in [0, 0.05) is 32.7 Å². The molecule has 0 aromatic carbocycles. The zero-order valence-electron chi connectivity index (χ0n) is 8.62. The van der Waals surface area contributed by atoms with Crippen molar-refractivity contribution in [3.63, 3.8) is 0 Å². The molecule has 0 unspecified atom stereocenters. The Morgan fingerprint density at radius 2 is 1.92 bits per heavy atom. The Morgan fingerprint density at radius 3 is 2.46 bits per heavy atom. The summed E-state index contributed by atoms with van der Waals surface area (Å²) in [6, 6.07) is 0. The minimum atomic E-state index is 0.436. The molecule has 2 aliphatic heterocycles. The van der Waals surface area contributed by atoms with Crippen molar-refractivity contribution < 1.29 is 4.74 Å². The quantitative estimate of drug-likeness (QED) is 0.668. The molecule has 2 saturated heterocycles. The fourth-order valence-electron chi connectivity index (χ4n) is 2.30. The average Bonchev–Trinajstić information content (AvgIpc) is 2.01. The van der Waals surface area contributed by atoms with E-state index in [4.69, 9.17) is 4.74 Å². The first-order valence-electron chi connectivity index (χ1n) is 5.32. The molecule has 2 atom stereocenters. The topological polar surface area (TPSA) is 24.5 Å². The van der Waals surface area contributed by atoms with Crippen LogP contribution in [0.3, 0.4) is 0 Å². The van der Waals surface area contributed by atoms with E-state index < -0.39 is 0 Å². The Kier molecular flexibility index (Phi) is 2.86. The Labute approximate surface area is 80.4 Å². The summed E-state index contributed by atoms with van der Waals surface area (Å²) >= 11 is 0. The van der Waals surface area contributed by atoms with E-state index in [2.05, 4.69) is 24.1 Å². The molecule has 2 heterocycles. The van der Waals surface area contributed by atoms with E-state index in [-0.39, 0.29) is 0 Å². The predicted molar refractivity (Wildman–Crippen MR) is 52.8 cm³/mol. The summed E-state index contributed by atoms with van der Waals surface area (Å²) in [5.74, 6) is 0.770. The zero-order valence-corrected chi connectivity index (χ0v) is 8.62. The van der Waals surface area contributed by atoms with Crippen LogP contribution in [-0.4, -0.2) is 49.8 Å². The van der Waals surface area contributed by atoms with E-state index in [1.807, 2.05) is 0 Å². The van der Waals surface area contributed by atoms with Gasteiger partial charge < -0.3 is 10.1 Å². The van der Waals surface area contributed by atoms with E-state index in [0.29, 0.717) is 12.2 Å². The minimum Gasteiger partial charge on any atom is -0.370 e. The van der Waals surface area contributed by atoms with Gasteiger partial charge in [-0.05, 0) is 5.92 Å². The summed E-state index contributed by atoms with van der Waals surface area (Å²) in [5.41, 5.74) is 0. The highest BCUT2D eigenvalue weighted by Crippen LogP contribution is 2.15. The molecule has 2 fully saturated rings. The van der Waals surface area contributed by atoms with Crippen molar-refractivity contribution in [3.8, 4) is 0 Å². The molecule has 0 saturated carbocycles. The predicted octanol–water partition coefficient (Wildman–Crippen LogP) is 0.315. The smallest absolute Gasteiger partial charge is 0.0831 e. The third-order valence-electron chi connectivity index (χ3n) is 2.68. The number of hydrogen-bond acceptors (Lipinski definition) is 3. The van der Waals surface area contributed by atoms with E-state index in [9.17, 15) is 0 Å². The SMILES string of the molecule is CC(C)CN1C[C@H]2CNC[C@@H](C1)O2. The van der Waals surface area contributed by atoms with Crippen molar-refractivity contribution in [2.24, 2.45) is 5.92 Å². The van der Waals surface area contributed by atoms with Crippen molar-refractivity contribution in [2.75, 3.05) is 32.7 Å². The van der Waals surface area contributed by atoms with Gasteiger partial charge >= 0.3 is 0 Å². The molecule has 0 aliphatic carbocycles. The van der Waals surface area contributed by atoms with Gasteiger partial charge in [-0.15, -0.1) is 0 Å². The Hall–Kier alpha value is -0.120. The van der Waals surface area contributed by atoms with Crippen molar-refractivity contribution in [2.45, 2.75) is 26.1 Å². The molecule has 3 heteroatoms. The van der Waals surface area contributed by atoms with Crippen molar-refractivity contribution in [1.29, 1.82) is 0 Å². The molecule has 2 rings (SSSR count). The number of fused-ring (bicyclic) bond motifs is 2. The molecule has 0 aromatic rings. The van der Waals surface area contributed by atoms with Crippen LogP contribution >= 0.6 is 0 Å². The lowest BCUT2D eigenvalue weighted by Crippen LogP contribution is -2.58. The highest BCUT2D eigenvalue weighted by molar-refractivity contribution is 4.84. The molecule has 0 aromatic heterocycles. The molecule has 3 nitrogen and oxygen atoms in total. The molecule has 0 amide bonds. The van der Waals surface area contributed by atoms with Crippen LogP contribution < -0.4 is 5.32 Å². The normalized spacial score (nSPS) is 35.3. The standard InChI is InChI=1S/C10H20N2O/c1-8(2)5-12-6-9-3-11-4-10(7-12)13-9/h8-11H,3-7H2,1-2H3/t9-,10+. The van der Waals surface area contributed by atoms with E-state index in [1.165, 1.54) is 6.54 Å². The lowest BCUT2D eigenvalue weighted by molar-refractivity contribution is -0.104. The number of nitrogens with one attached hydrogen (secondary N) is 1. The van der Waals surface area contributed by atoms with Crippen LogP contribution in [0, 0.1) is 5.92 Å². The van der Waals surface area contributed by atoms with E-state index in [1.54, 1.807) is 0 Å². The Balaban J connectivity index is 1.86. The molecular formula is C10H20N2O. The van der Waals surface area contributed by atoms with Crippen LogP contribution in [0.4, 0.5) is 0 Å². The third kappa shape index (κ3) is 2.42. The second-order valence-electron chi connectivity index (χ2n) is 4.65. The summed E-state index contributed by atoms with van der Waals surface area (Å²) in [6.07, 6.45) is 0.873. The molecule has 76 valence electrons. The van der Waals surface area contributed by atoms with Crippen molar-refractivity contribution in [1.82, 2.24) is 10.2 Å². The number of nitrogens with zero attached hydrogens (tertiary/aromatic N) is 1. The van der Waals surface area contributed by atoms with Crippen LogP contribution in [0.25, 0.3) is 0 Å². The van der Waals surface area contributed by atoms with Crippen molar-refractivity contribution >= 4 is 0 Å². The Morgan fingerprint density at radius 1 is 1.31 bits per heavy atom. The summed E-state index contributed by atoms with van der Waals surface area (Å²) in [5, 5.41) is 3.41. The van der Waals surface area contributed by atoms with Gasteiger partial charge in [0.25, 0.3) is 0 Å². The monoisotopic (exact) mass is 184 g/mol. The van der Waals surface area contributed by atoms with Gasteiger partial charge in [0.1, 0.15) is 0 Å². The molecule has 1 N–H and O–H groups in total. The van der Waals surface area contributed by atoms with Gasteiger partial charge in [0.15, 0.2) is 0 Å². The largest absolute Gasteiger partial charge is 0.370 e. The summed E-state index contributed by atoms with van der Waals surface area (Å²) in [7, 11) is 0. The lowest BCUT2D eigenvalue weighted by atomic mass is 10.1. The first-order valence-corrected chi connectivity index (χ1v) is 5.32. The van der Waals surface area contributed by atoms with Gasteiger partial charge in [-0.25, -0.2) is 0 Å². The van der Waals surface area contributed by atoms with E-state index in [0.717, 1.165) is 32.1 Å². The molecule has 13 heavy (non-hydrogen) atoms. The van der Waals surface area contributed by atoms with Gasteiger partial charge in [-0.1, -0.05) is 13.8 Å². The Bertz CT molecular complexity index is 160. The summed E-state index contributed by atoms with van der Waals surface area (Å²) in [6.45, 7) is 10.1. The van der Waals surface area contributed by atoms with Gasteiger partial charge in [0.05, 0.1) is 12.2 Å². The second kappa shape index (κ2) is 3.95. The van der Waals surface area contributed by atoms with E-state index >= 15 is 0 Å². The first-order chi connectivity index (χ1) is 6.24. The van der Waals surface area contributed by atoms with Gasteiger partial charge in [0.2, 0.25) is 0 Å². The maximum absolute atomic E-state index is 5.83. The number of hydrogen-bond donors (Lipinski definition) is 1. The maximum atomic E-state index is 5.83. The first kappa shape index (κ1) is 9.44. The zero-order chi connectivity index (χ0) is 9.26. The average molecular weight is 184 g/mol. The van der Waals surface area contributed by atoms with Crippen LogP contribution in [0.15, 0.2) is 0 Å². The fourth-order valence-corrected chi connectivity index (χ4v) is 2.30. The number of morpholine rings is 2. The highest BCUT2D eigenvalue weighted by atomic mass is 16.5. The molecular weight excluding hydrogens is 164 g/mol. The van der Waals surface area contributed by atoms with Gasteiger partial charge in [-0.3, -0.25) is 4.90 Å². The molecule has 2 aliphatic rings. The van der Waals surface area contributed by atoms with Gasteiger partial charge in [-0.2, -0.15) is 0 Å². The number of ether oxygens (including phenoxy) is 1.